The molecule has 106 valence electrons. The molecule has 1 aromatic rings. The fraction of sp³-hybridized carbons (Fsp3) is 0.308. The van der Waals surface area contributed by atoms with Crippen LogP contribution >= 0.6 is 11.8 Å². The van der Waals surface area contributed by atoms with E-state index in [-0.39, 0.29) is 5.91 Å². The smallest absolute Gasteiger partial charge is 0.236 e. The number of benzene rings is 1. The number of amidine groups is 1. The Labute approximate surface area is 120 Å². The summed E-state index contributed by atoms with van der Waals surface area (Å²) >= 11 is 1.28. The molecule has 2 rings (SSSR count). The maximum atomic E-state index is 13.4. The molecule has 1 fully saturated rings. The van der Waals surface area contributed by atoms with Crippen LogP contribution in [0.5, 0.6) is 5.75 Å². The van der Waals surface area contributed by atoms with E-state index < -0.39 is 5.82 Å². The van der Waals surface area contributed by atoms with E-state index in [0.717, 1.165) is 6.42 Å². The highest BCUT2D eigenvalue weighted by molar-refractivity contribution is 8.15. The molecule has 1 saturated heterocycles. The van der Waals surface area contributed by atoms with Crippen molar-refractivity contribution in [2.45, 2.75) is 13.3 Å². The van der Waals surface area contributed by atoms with Crippen molar-refractivity contribution in [3.05, 3.63) is 29.6 Å². The van der Waals surface area contributed by atoms with Gasteiger partial charge in [-0.3, -0.25) is 4.79 Å². The SMILES string of the molecule is CCCOc1cc(F)cc(C=NN=C2NC(=O)CS2)c1. The fourth-order valence-corrected chi connectivity index (χ4v) is 2.12. The van der Waals surface area contributed by atoms with E-state index in [1.54, 1.807) is 6.07 Å². The van der Waals surface area contributed by atoms with Crippen LogP contribution in [0.3, 0.4) is 0 Å². The Hall–Kier alpha value is -1.89. The van der Waals surface area contributed by atoms with Crippen molar-refractivity contribution in [1.29, 1.82) is 0 Å². The summed E-state index contributed by atoms with van der Waals surface area (Å²) in [5.74, 6) is 0.328. The maximum absolute atomic E-state index is 13.4. The van der Waals surface area contributed by atoms with Crippen molar-refractivity contribution in [3.63, 3.8) is 0 Å². The van der Waals surface area contributed by atoms with Gasteiger partial charge < -0.3 is 10.1 Å². The van der Waals surface area contributed by atoms with E-state index in [0.29, 0.717) is 28.8 Å². The predicted octanol–water partition coefficient (Wildman–Crippen LogP) is 2.17. The number of carbonyl (C=O) groups excluding carboxylic acids is 1. The van der Waals surface area contributed by atoms with Crippen LogP contribution in [0.25, 0.3) is 0 Å². The number of halogens is 1. The van der Waals surface area contributed by atoms with E-state index in [4.69, 9.17) is 4.74 Å². The van der Waals surface area contributed by atoms with Crippen molar-refractivity contribution < 1.29 is 13.9 Å². The average molecular weight is 295 g/mol. The minimum absolute atomic E-state index is 0.0926. The molecular formula is C13H14FN3O2S. The van der Waals surface area contributed by atoms with Crippen molar-refractivity contribution >= 4 is 29.1 Å². The third-order valence-corrected chi connectivity index (χ3v) is 3.17. The molecule has 0 radical (unpaired) electrons. The minimum Gasteiger partial charge on any atom is -0.493 e. The third-order valence-electron chi connectivity index (χ3n) is 2.31. The summed E-state index contributed by atoms with van der Waals surface area (Å²) in [6.07, 6.45) is 2.27. The number of thioether (sulfide) groups is 1. The summed E-state index contributed by atoms with van der Waals surface area (Å²) in [7, 11) is 0. The molecule has 1 heterocycles. The van der Waals surface area contributed by atoms with Crippen LogP contribution in [0.15, 0.2) is 28.4 Å². The monoisotopic (exact) mass is 295 g/mol. The van der Waals surface area contributed by atoms with Gasteiger partial charge in [0.2, 0.25) is 5.91 Å². The van der Waals surface area contributed by atoms with Gasteiger partial charge in [-0.25, -0.2) is 4.39 Å². The van der Waals surface area contributed by atoms with Crippen LogP contribution < -0.4 is 10.1 Å². The highest BCUT2D eigenvalue weighted by Crippen LogP contribution is 2.16. The summed E-state index contributed by atoms with van der Waals surface area (Å²) in [5.41, 5.74) is 0.551. The second-order valence-electron chi connectivity index (χ2n) is 4.06. The molecule has 1 amide bonds. The van der Waals surface area contributed by atoms with Crippen LogP contribution in [-0.2, 0) is 4.79 Å². The summed E-state index contributed by atoms with van der Waals surface area (Å²) in [4.78, 5) is 10.9. The number of carbonyl (C=O) groups is 1. The topological polar surface area (TPSA) is 63.1 Å². The molecule has 0 bridgehead atoms. The highest BCUT2D eigenvalue weighted by Gasteiger charge is 2.15. The van der Waals surface area contributed by atoms with Crippen LogP contribution in [-0.4, -0.2) is 29.6 Å². The fourth-order valence-electron chi connectivity index (χ4n) is 1.49. The van der Waals surface area contributed by atoms with Crippen LogP contribution in [0.4, 0.5) is 4.39 Å². The Balaban J connectivity index is 2.04. The second kappa shape index (κ2) is 7.04. The van der Waals surface area contributed by atoms with E-state index in [2.05, 4.69) is 15.5 Å². The zero-order valence-electron chi connectivity index (χ0n) is 10.9. The predicted molar refractivity (Wildman–Crippen MR) is 77.8 cm³/mol. The lowest BCUT2D eigenvalue weighted by Crippen LogP contribution is -2.19. The van der Waals surface area contributed by atoms with Crippen molar-refractivity contribution in [3.8, 4) is 5.75 Å². The van der Waals surface area contributed by atoms with Gasteiger partial charge in [-0.05, 0) is 18.6 Å². The summed E-state index contributed by atoms with van der Waals surface area (Å²) in [6.45, 7) is 2.51. The Morgan fingerprint density at radius 3 is 3.05 bits per heavy atom. The molecule has 1 aromatic carbocycles. The van der Waals surface area contributed by atoms with Gasteiger partial charge in [0.15, 0.2) is 5.17 Å². The Morgan fingerprint density at radius 2 is 2.35 bits per heavy atom. The molecular weight excluding hydrogens is 281 g/mol. The molecule has 0 aliphatic carbocycles. The lowest BCUT2D eigenvalue weighted by molar-refractivity contribution is -0.116. The minimum atomic E-state index is -0.392. The Morgan fingerprint density at radius 1 is 1.50 bits per heavy atom. The van der Waals surface area contributed by atoms with Gasteiger partial charge in [-0.1, -0.05) is 18.7 Å². The zero-order chi connectivity index (χ0) is 14.4. The van der Waals surface area contributed by atoms with E-state index in [1.165, 1.54) is 30.1 Å². The van der Waals surface area contributed by atoms with E-state index in [1.807, 2.05) is 6.92 Å². The van der Waals surface area contributed by atoms with Gasteiger partial charge in [0, 0.05) is 11.6 Å². The molecule has 0 unspecified atom stereocenters. The van der Waals surface area contributed by atoms with Gasteiger partial charge in [-0.2, -0.15) is 5.10 Å². The normalized spacial score (nSPS) is 16.9. The number of rotatable bonds is 5. The maximum Gasteiger partial charge on any atom is 0.236 e. The molecule has 0 spiro atoms. The highest BCUT2D eigenvalue weighted by atomic mass is 32.2. The largest absolute Gasteiger partial charge is 0.493 e. The molecule has 1 aliphatic rings. The number of hydrogen-bond donors (Lipinski definition) is 1. The van der Waals surface area contributed by atoms with Crippen LogP contribution in [0, 0.1) is 5.82 Å². The first-order chi connectivity index (χ1) is 9.67. The molecule has 0 aromatic heterocycles. The van der Waals surface area contributed by atoms with Crippen LogP contribution in [0.2, 0.25) is 0 Å². The molecule has 1 N–H and O–H groups in total. The summed E-state index contributed by atoms with van der Waals surface area (Å²) < 4.78 is 18.8. The number of ether oxygens (including phenoxy) is 1. The number of nitrogens with one attached hydrogen (secondary N) is 1. The lowest BCUT2D eigenvalue weighted by Gasteiger charge is -2.05. The van der Waals surface area contributed by atoms with Gasteiger partial charge >= 0.3 is 0 Å². The van der Waals surface area contributed by atoms with Gasteiger partial charge in [0.1, 0.15) is 11.6 Å². The second-order valence-corrected chi connectivity index (χ2v) is 5.02. The van der Waals surface area contributed by atoms with Gasteiger partial charge in [-0.15, -0.1) is 5.10 Å². The molecule has 0 saturated carbocycles. The van der Waals surface area contributed by atoms with Crippen molar-refractivity contribution in [2.24, 2.45) is 10.2 Å². The molecule has 1 aliphatic heterocycles. The Kier molecular flexibility index (Phi) is 5.11. The van der Waals surface area contributed by atoms with Crippen LogP contribution in [0.1, 0.15) is 18.9 Å². The van der Waals surface area contributed by atoms with Gasteiger partial charge in [0.25, 0.3) is 0 Å². The molecule has 7 heteroatoms. The van der Waals surface area contributed by atoms with Gasteiger partial charge in [0.05, 0.1) is 18.6 Å². The van der Waals surface area contributed by atoms with E-state index in [9.17, 15) is 9.18 Å². The first kappa shape index (κ1) is 14.5. The number of amides is 1. The van der Waals surface area contributed by atoms with Crippen molar-refractivity contribution in [2.75, 3.05) is 12.4 Å². The van der Waals surface area contributed by atoms with E-state index >= 15 is 0 Å². The standard InChI is InChI=1S/C13H14FN3O2S/c1-2-3-19-11-5-9(4-10(14)6-11)7-15-17-13-16-12(18)8-20-13/h4-7H,2-3,8H2,1H3,(H,16,17,18). The quantitative estimate of drug-likeness (QED) is 0.669. The molecule has 5 nitrogen and oxygen atoms in total. The number of nitrogens with zero attached hydrogens (tertiary/aromatic N) is 2. The first-order valence-electron chi connectivity index (χ1n) is 6.14. The Bertz CT molecular complexity index is 561. The first-order valence-corrected chi connectivity index (χ1v) is 7.13. The molecule has 0 atom stereocenters. The third kappa shape index (κ3) is 4.34. The van der Waals surface area contributed by atoms with Crippen molar-refractivity contribution in [1.82, 2.24) is 5.32 Å². The zero-order valence-corrected chi connectivity index (χ0v) is 11.7. The lowest BCUT2D eigenvalue weighted by atomic mass is 10.2. The average Bonchev–Trinajstić information content (AvgIpc) is 2.81. The summed E-state index contributed by atoms with van der Waals surface area (Å²) in [6, 6.07) is 4.34. The molecule has 20 heavy (non-hydrogen) atoms. The summed E-state index contributed by atoms with van der Waals surface area (Å²) in [5, 5.41) is 10.7. The number of hydrogen-bond acceptors (Lipinski definition) is 5.